The third-order valence-electron chi connectivity index (χ3n) is 8.94. The van der Waals surface area contributed by atoms with Crippen molar-refractivity contribution in [2.45, 2.75) is 51.2 Å². The predicted molar refractivity (Wildman–Crippen MR) is 153 cm³/mol. The molecule has 0 saturated carbocycles. The van der Waals surface area contributed by atoms with Gasteiger partial charge in [0.1, 0.15) is 11.6 Å². The molecule has 3 aromatic carbocycles. The van der Waals surface area contributed by atoms with Crippen LogP contribution < -0.4 is 9.47 Å². The molecule has 0 spiro atoms. The molecule has 0 aromatic heterocycles. The van der Waals surface area contributed by atoms with Crippen molar-refractivity contribution in [3.8, 4) is 11.5 Å². The standard InChI is InChI=1S/C33H37F2N3O3/c1-22-20-37(28-11-13-36(14-12-28)33(39)29-9-8-27(34)19-30(29)35)15-16-38(22)23(2)26-6-3-24(4-7-26)17-25-5-10-31-32(18-25)41-21-40-31/h3-10,18-19,22-23,28H,11-17,20-21H2,1-2H3/t22-,23+/m1/s1. The van der Waals surface area contributed by atoms with Crippen molar-refractivity contribution >= 4 is 5.91 Å². The average Bonchev–Trinajstić information content (AvgIpc) is 3.45. The molecule has 3 aromatic rings. The minimum Gasteiger partial charge on any atom is -0.454 e. The molecule has 0 bridgehead atoms. The lowest BCUT2D eigenvalue weighted by Gasteiger charge is -2.47. The Kier molecular flexibility index (Phi) is 7.95. The summed E-state index contributed by atoms with van der Waals surface area (Å²) in [5.74, 6) is -0.188. The summed E-state index contributed by atoms with van der Waals surface area (Å²) in [7, 11) is 0. The Labute approximate surface area is 240 Å². The molecule has 0 unspecified atom stereocenters. The molecular formula is C33H37F2N3O3. The van der Waals surface area contributed by atoms with Gasteiger partial charge in [-0.1, -0.05) is 30.3 Å². The van der Waals surface area contributed by atoms with Crippen molar-refractivity contribution in [1.29, 1.82) is 0 Å². The van der Waals surface area contributed by atoms with Gasteiger partial charge in [-0.15, -0.1) is 0 Å². The highest BCUT2D eigenvalue weighted by Gasteiger charge is 2.34. The lowest BCUT2D eigenvalue weighted by Crippen LogP contribution is -2.57. The summed E-state index contributed by atoms with van der Waals surface area (Å²) in [5, 5.41) is 0. The second-order valence-corrected chi connectivity index (χ2v) is 11.5. The maximum Gasteiger partial charge on any atom is 0.256 e. The van der Waals surface area contributed by atoms with Crippen molar-refractivity contribution in [1.82, 2.24) is 14.7 Å². The number of hydrogen-bond acceptors (Lipinski definition) is 5. The van der Waals surface area contributed by atoms with Crippen LogP contribution in [0.25, 0.3) is 0 Å². The van der Waals surface area contributed by atoms with Crippen LogP contribution in [0.15, 0.2) is 60.7 Å². The molecule has 6 rings (SSSR count). The van der Waals surface area contributed by atoms with Crippen LogP contribution in [-0.2, 0) is 6.42 Å². The van der Waals surface area contributed by atoms with Crippen LogP contribution in [0.5, 0.6) is 11.5 Å². The zero-order valence-electron chi connectivity index (χ0n) is 23.7. The number of fused-ring (bicyclic) bond motifs is 1. The first-order valence-electron chi connectivity index (χ1n) is 14.6. The van der Waals surface area contributed by atoms with Crippen molar-refractivity contribution < 1.29 is 23.0 Å². The second-order valence-electron chi connectivity index (χ2n) is 11.5. The largest absolute Gasteiger partial charge is 0.454 e. The molecule has 3 aliphatic rings. The fraction of sp³-hybridized carbons (Fsp3) is 0.424. The van der Waals surface area contributed by atoms with Gasteiger partial charge in [0.05, 0.1) is 5.56 Å². The van der Waals surface area contributed by atoms with E-state index in [1.807, 2.05) is 6.07 Å². The van der Waals surface area contributed by atoms with E-state index in [0.29, 0.717) is 38.0 Å². The summed E-state index contributed by atoms with van der Waals surface area (Å²) < 4.78 is 38.3. The van der Waals surface area contributed by atoms with Gasteiger partial charge in [0.2, 0.25) is 6.79 Å². The minimum absolute atomic E-state index is 0.0537. The molecule has 216 valence electrons. The smallest absolute Gasteiger partial charge is 0.256 e. The number of hydrogen-bond donors (Lipinski definition) is 0. The molecule has 41 heavy (non-hydrogen) atoms. The Bertz CT molecular complexity index is 1390. The zero-order chi connectivity index (χ0) is 28.5. The Morgan fingerprint density at radius 1 is 0.902 bits per heavy atom. The van der Waals surface area contributed by atoms with E-state index in [0.717, 1.165) is 62.5 Å². The van der Waals surface area contributed by atoms with E-state index in [1.165, 1.54) is 22.8 Å². The molecule has 8 heteroatoms. The number of benzene rings is 3. The fourth-order valence-electron chi connectivity index (χ4n) is 6.57. The molecule has 2 saturated heterocycles. The van der Waals surface area contributed by atoms with Gasteiger partial charge in [-0.25, -0.2) is 8.78 Å². The number of amides is 1. The molecular weight excluding hydrogens is 524 g/mol. The van der Waals surface area contributed by atoms with Crippen LogP contribution in [0.4, 0.5) is 8.78 Å². The van der Waals surface area contributed by atoms with Crippen molar-refractivity contribution in [3.63, 3.8) is 0 Å². The normalized spacial score (nSPS) is 20.8. The van der Waals surface area contributed by atoms with E-state index in [9.17, 15) is 13.6 Å². The van der Waals surface area contributed by atoms with E-state index >= 15 is 0 Å². The average molecular weight is 562 g/mol. The summed E-state index contributed by atoms with van der Waals surface area (Å²) in [6.07, 6.45) is 2.58. The van der Waals surface area contributed by atoms with E-state index in [1.54, 1.807) is 4.90 Å². The van der Waals surface area contributed by atoms with Crippen LogP contribution >= 0.6 is 0 Å². The summed E-state index contributed by atoms with van der Waals surface area (Å²) in [5.41, 5.74) is 3.74. The number of carbonyl (C=O) groups excluding carboxylic acids is 1. The van der Waals surface area contributed by atoms with E-state index in [2.05, 4.69) is 60.0 Å². The molecule has 3 aliphatic heterocycles. The van der Waals surface area contributed by atoms with Gasteiger partial charge >= 0.3 is 0 Å². The first-order chi connectivity index (χ1) is 19.9. The molecule has 0 radical (unpaired) electrons. The lowest BCUT2D eigenvalue weighted by atomic mass is 9.97. The number of ether oxygens (including phenoxy) is 2. The molecule has 2 atom stereocenters. The van der Waals surface area contributed by atoms with Crippen molar-refractivity contribution in [3.05, 3.63) is 94.6 Å². The predicted octanol–water partition coefficient (Wildman–Crippen LogP) is 5.66. The fourth-order valence-corrected chi connectivity index (χ4v) is 6.57. The van der Waals surface area contributed by atoms with Gasteiger partial charge < -0.3 is 14.4 Å². The van der Waals surface area contributed by atoms with Crippen LogP contribution in [0, 0.1) is 11.6 Å². The number of likely N-dealkylation sites (tertiary alicyclic amines) is 1. The number of piperazine rings is 1. The first-order valence-corrected chi connectivity index (χ1v) is 14.6. The second kappa shape index (κ2) is 11.8. The number of rotatable bonds is 6. The summed E-state index contributed by atoms with van der Waals surface area (Å²) in [4.78, 5) is 19.6. The van der Waals surface area contributed by atoms with Crippen molar-refractivity contribution in [2.24, 2.45) is 0 Å². The molecule has 3 heterocycles. The van der Waals surface area contributed by atoms with Crippen LogP contribution in [0.1, 0.15) is 59.8 Å². The minimum atomic E-state index is -0.796. The summed E-state index contributed by atoms with van der Waals surface area (Å²) in [6.45, 7) is 9.01. The van der Waals surface area contributed by atoms with Gasteiger partial charge in [-0.2, -0.15) is 0 Å². The van der Waals surface area contributed by atoms with Crippen LogP contribution in [0.3, 0.4) is 0 Å². The summed E-state index contributed by atoms with van der Waals surface area (Å²) >= 11 is 0. The first kappa shape index (κ1) is 27.7. The highest BCUT2D eigenvalue weighted by atomic mass is 19.1. The quantitative estimate of drug-likeness (QED) is 0.389. The van der Waals surface area contributed by atoms with E-state index in [-0.39, 0.29) is 11.5 Å². The maximum absolute atomic E-state index is 14.1. The number of nitrogens with zero attached hydrogens (tertiary/aromatic N) is 3. The molecule has 0 aliphatic carbocycles. The molecule has 1 amide bonds. The maximum atomic E-state index is 14.1. The van der Waals surface area contributed by atoms with Crippen molar-refractivity contribution in [2.75, 3.05) is 39.5 Å². The zero-order valence-corrected chi connectivity index (χ0v) is 23.7. The SMILES string of the molecule is C[C@@H]1CN(C2CCN(C(=O)c3ccc(F)cc3F)CC2)CCN1[C@@H](C)c1ccc(Cc2ccc3c(c2)OCO3)cc1. The Hall–Kier alpha value is -3.49. The Morgan fingerprint density at radius 3 is 2.37 bits per heavy atom. The summed E-state index contributed by atoms with van der Waals surface area (Å²) in [6, 6.07) is 19.4. The number of carbonyl (C=O) groups is 1. The number of halogens is 2. The highest BCUT2D eigenvalue weighted by molar-refractivity contribution is 5.94. The van der Waals surface area contributed by atoms with E-state index in [4.69, 9.17) is 9.47 Å². The molecule has 0 N–H and O–H groups in total. The third-order valence-corrected chi connectivity index (χ3v) is 8.94. The monoisotopic (exact) mass is 561 g/mol. The number of piperidine rings is 1. The topological polar surface area (TPSA) is 45.2 Å². The van der Waals surface area contributed by atoms with Gasteiger partial charge in [-0.3, -0.25) is 14.6 Å². The third kappa shape index (κ3) is 5.95. The highest BCUT2D eigenvalue weighted by Crippen LogP contribution is 2.33. The van der Waals surface area contributed by atoms with Gasteiger partial charge in [0.25, 0.3) is 5.91 Å². The Balaban J connectivity index is 1.00. The Morgan fingerprint density at radius 2 is 1.63 bits per heavy atom. The van der Waals surface area contributed by atoms with Gasteiger partial charge in [0.15, 0.2) is 11.5 Å². The van der Waals surface area contributed by atoms with Gasteiger partial charge in [0, 0.05) is 56.9 Å². The lowest BCUT2D eigenvalue weighted by molar-refractivity contribution is 0.0134. The molecule has 2 fully saturated rings. The van der Waals surface area contributed by atoms with E-state index < -0.39 is 11.6 Å². The van der Waals surface area contributed by atoms with Gasteiger partial charge in [-0.05, 0) is 74.1 Å². The van der Waals surface area contributed by atoms with Crippen LogP contribution in [0.2, 0.25) is 0 Å². The molecule has 6 nitrogen and oxygen atoms in total. The van der Waals surface area contributed by atoms with Crippen LogP contribution in [-0.4, -0.2) is 72.2 Å².